The SMILES string of the molecule is CN1CCN(Cc2cnn(-c3ccc(-c4ccc(F)cc4)cc3)c2-c2c(F)cccc2F)CC1. The number of hydrogen-bond donors (Lipinski definition) is 0. The van der Waals surface area contributed by atoms with Crippen molar-refractivity contribution in [2.75, 3.05) is 33.2 Å². The number of halogens is 3. The highest BCUT2D eigenvalue weighted by atomic mass is 19.1. The second-order valence-corrected chi connectivity index (χ2v) is 8.66. The smallest absolute Gasteiger partial charge is 0.135 e. The maximum absolute atomic E-state index is 14.9. The Morgan fingerprint density at radius 2 is 1.35 bits per heavy atom. The minimum Gasteiger partial charge on any atom is -0.304 e. The maximum atomic E-state index is 14.9. The van der Waals surface area contributed by atoms with E-state index in [9.17, 15) is 13.2 Å². The van der Waals surface area contributed by atoms with E-state index in [0.717, 1.165) is 42.9 Å². The van der Waals surface area contributed by atoms with E-state index < -0.39 is 11.6 Å². The Labute approximate surface area is 196 Å². The lowest BCUT2D eigenvalue weighted by molar-refractivity contribution is 0.148. The lowest BCUT2D eigenvalue weighted by Gasteiger charge is -2.32. The van der Waals surface area contributed by atoms with Gasteiger partial charge in [0.15, 0.2) is 0 Å². The van der Waals surface area contributed by atoms with Crippen LogP contribution in [0.3, 0.4) is 0 Å². The van der Waals surface area contributed by atoms with Crippen molar-refractivity contribution in [2.45, 2.75) is 6.54 Å². The number of rotatable bonds is 5. The molecule has 1 aromatic heterocycles. The van der Waals surface area contributed by atoms with Gasteiger partial charge in [0.1, 0.15) is 17.5 Å². The fourth-order valence-electron chi connectivity index (χ4n) is 4.37. The minimum atomic E-state index is -0.621. The molecular formula is C27H25F3N4. The van der Waals surface area contributed by atoms with Crippen molar-refractivity contribution < 1.29 is 13.2 Å². The quantitative estimate of drug-likeness (QED) is 0.399. The first-order valence-corrected chi connectivity index (χ1v) is 11.3. The van der Waals surface area contributed by atoms with Gasteiger partial charge in [-0.25, -0.2) is 17.9 Å². The highest BCUT2D eigenvalue weighted by Crippen LogP contribution is 2.33. The zero-order valence-electron chi connectivity index (χ0n) is 18.9. The molecule has 0 N–H and O–H groups in total. The van der Waals surface area contributed by atoms with Gasteiger partial charge in [0, 0.05) is 38.3 Å². The summed E-state index contributed by atoms with van der Waals surface area (Å²) in [5.41, 5.74) is 3.59. The van der Waals surface area contributed by atoms with Crippen molar-refractivity contribution in [1.29, 1.82) is 0 Å². The monoisotopic (exact) mass is 462 g/mol. The molecule has 0 bridgehead atoms. The summed E-state index contributed by atoms with van der Waals surface area (Å²) in [4.78, 5) is 4.54. The molecular weight excluding hydrogens is 437 g/mol. The standard InChI is InChI=1S/C27H25F3N4/c1-32-13-15-33(16-14-32)18-21-17-31-34(27(21)26-24(29)3-2-4-25(26)30)23-11-7-20(8-12-23)19-5-9-22(28)10-6-19/h2-12,17H,13-16,18H2,1H3. The van der Waals surface area contributed by atoms with Crippen LogP contribution in [0.15, 0.2) is 72.9 Å². The molecule has 5 rings (SSSR count). The molecule has 4 nitrogen and oxygen atoms in total. The molecule has 1 saturated heterocycles. The third-order valence-electron chi connectivity index (χ3n) is 6.32. The fourth-order valence-corrected chi connectivity index (χ4v) is 4.37. The number of aromatic nitrogens is 2. The highest BCUT2D eigenvalue weighted by molar-refractivity contribution is 5.69. The van der Waals surface area contributed by atoms with E-state index in [1.165, 1.54) is 30.3 Å². The van der Waals surface area contributed by atoms with Gasteiger partial charge in [-0.2, -0.15) is 5.10 Å². The second-order valence-electron chi connectivity index (χ2n) is 8.66. The van der Waals surface area contributed by atoms with Gasteiger partial charge in [0.25, 0.3) is 0 Å². The van der Waals surface area contributed by atoms with Crippen LogP contribution < -0.4 is 0 Å². The Hall–Kier alpha value is -3.42. The molecule has 174 valence electrons. The predicted octanol–water partition coefficient (Wildman–Crippen LogP) is 5.37. The third kappa shape index (κ3) is 4.49. The maximum Gasteiger partial charge on any atom is 0.135 e. The van der Waals surface area contributed by atoms with Crippen LogP contribution in [0, 0.1) is 17.5 Å². The topological polar surface area (TPSA) is 24.3 Å². The molecule has 0 aliphatic carbocycles. The van der Waals surface area contributed by atoms with E-state index in [1.54, 1.807) is 23.0 Å². The van der Waals surface area contributed by atoms with Gasteiger partial charge in [-0.3, -0.25) is 4.90 Å². The molecule has 1 aliphatic heterocycles. The van der Waals surface area contributed by atoms with E-state index in [2.05, 4.69) is 21.9 Å². The molecule has 1 aliphatic rings. The first-order valence-electron chi connectivity index (χ1n) is 11.3. The van der Waals surface area contributed by atoms with Crippen LogP contribution in [-0.4, -0.2) is 52.8 Å². The molecule has 7 heteroatoms. The molecule has 0 radical (unpaired) electrons. The zero-order valence-corrected chi connectivity index (χ0v) is 18.9. The molecule has 0 unspecified atom stereocenters. The van der Waals surface area contributed by atoms with Crippen LogP contribution in [0.2, 0.25) is 0 Å². The van der Waals surface area contributed by atoms with Crippen molar-refractivity contribution in [1.82, 2.24) is 19.6 Å². The predicted molar refractivity (Wildman–Crippen MR) is 127 cm³/mol. The van der Waals surface area contributed by atoms with Crippen LogP contribution >= 0.6 is 0 Å². The molecule has 1 fully saturated rings. The van der Waals surface area contributed by atoms with Crippen molar-refractivity contribution in [3.05, 3.63) is 95.9 Å². The summed E-state index contributed by atoms with van der Waals surface area (Å²) in [6.07, 6.45) is 1.70. The molecule has 2 heterocycles. The first-order chi connectivity index (χ1) is 16.5. The average molecular weight is 463 g/mol. The number of benzene rings is 3. The molecule has 0 atom stereocenters. The summed E-state index contributed by atoms with van der Waals surface area (Å²) < 4.78 is 44.7. The Balaban J connectivity index is 1.54. The largest absolute Gasteiger partial charge is 0.304 e. The Bertz CT molecular complexity index is 1250. The van der Waals surface area contributed by atoms with E-state index in [-0.39, 0.29) is 11.4 Å². The summed E-state index contributed by atoms with van der Waals surface area (Å²) in [6.45, 7) is 4.22. The summed E-state index contributed by atoms with van der Waals surface area (Å²) in [5, 5.41) is 4.54. The van der Waals surface area contributed by atoms with E-state index in [0.29, 0.717) is 17.9 Å². The Morgan fingerprint density at radius 3 is 1.97 bits per heavy atom. The highest BCUT2D eigenvalue weighted by Gasteiger charge is 2.24. The molecule has 0 amide bonds. The van der Waals surface area contributed by atoms with Crippen LogP contribution in [0.4, 0.5) is 13.2 Å². The van der Waals surface area contributed by atoms with Gasteiger partial charge in [0.05, 0.1) is 23.1 Å². The summed E-state index contributed by atoms with van der Waals surface area (Å²) in [6, 6.07) is 17.7. The van der Waals surface area contributed by atoms with Crippen molar-refractivity contribution >= 4 is 0 Å². The summed E-state index contributed by atoms with van der Waals surface area (Å²) in [5.74, 6) is -1.53. The molecule has 3 aromatic carbocycles. The lowest BCUT2D eigenvalue weighted by Crippen LogP contribution is -2.43. The molecule has 0 spiro atoms. The molecule has 0 saturated carbocycles. The Kier molecular flexibility index (Phi) is 6.22. The van der Waals surface area contributed by atoms with Crippen molar-refractivity contribution in [3.63, 3.8) is 0 Å². The van der Waals surface area contributed by atoms with Gasteiger partial charge in [-0.15, -0.1) is 0 Å². The molecule has 4 aromatic rings. The van der Waals surface area contributed by atoms with Crippen LogP contribution in [0.5, 0.6) is 0 Å². The van der Waals surface area contributed by atoms with Crippen LogP contribution in [0.1, 0.15) is 5.56 Å². The second kappa shape index (κ2) is 9.44. The average Bonchev–Trinajstić information content (AvgIpc) is 3.24. The number of likely N-dealkylation sites (N-methyl/N-ethyl adjacent to an activating group) is 1. The summed E-state index contributed by atoms with van der Waals surface area (Å²) in [7, 11) is 2.09. The number of hydrogen-bond acceptors (Lipinski definition) is 3. The van der Waals surface area contributed by atoms with Crippen molar-refractivity contribution in [3.8, 4) is 28.1 Å². The van der Waals surface area contributed by atoms with Gasteiger partial charge in [-0.1, -0.05) is 30.3 Å². The summed E-state index contributed by atoms with van der Waals surface area (Å²) >= 11 is 0. The van der Waals surface area contributed by atoms with E-state index >= 15 is 0 Å². The normalized spacial score (nSPS) is 15.1. The van der Waals surface area contributed by atoms with Gasteiger partial charge in [0.2, 0.25) is 0 Å². The van der Waals surface area contributed by atoms with Gasteiger partial charge >= 0.3 is 0 Å². The number of piperazine rings is 1. The fraction of sp³-hybridized carbons (Fsp3) is 0.222. The van der Waals surface area contributed by atoms with Gasteiger partial charge < -0.3 is 4.90 Å². The van der Waals surface area contributed by atoms with Gasteiger partial charge in [-0.05, 0) is 54.6 Å². The third-order valence-corrected chi connectivity index (χ3v) is 6.32. The van der Waals surface area contributed by atoms with E-state index in [4.69, 9.17) is 0 Å². The minimum absolute atomic E-state index is 0.0771. The van der Waals surface area contributed by atoms with Crippen LogP contribution in [-0.2, 0) is 6.54 Å². The van der Waals surface area contributed by atoms with Crippen LogP contribution in [0.25, 0.3) is 28.1 Å². The number of nitrogens with zero attached hydrogens (tertiary/aromatic N) is 4. The van der Waals surface area contributed by atoms with Crippen molar-refractivity contribution in [2.24, 2.45) is 0 Å². The zero-order chi connectivity index (χ0) is 23.7. The van der Waals surface area contributed by atoms with E-state index in [1.807, 2.05) is 24.3 Å². The molecule has 34 heavy (non-hydrogen) atoms. The first kappa shape index (κ1) is 22.4. The Morgan fingerprint density at radius 1 is 0.765 bits per heavy atom. The lowest BCUT2D eigenvalue weighted by atomic mass is 10.0.